The number of hydrogen-bond acceptors (Lipinski definition) is 3. The maximum atomic E-state index is 11.6. The summed E-state index contributed by atoms with van der Waals surface area (Å²) in [5.41, 5.74) is -0.355. The van der Waals surface area contributed by atoms with Crippen molar-refractivity contribution < 1.29 is 13.5 Å². The molecule has 0 bridgehead atoms. The Morgan fingerprint density at radius 2 is 1.71 bits per heavy atom. The maximum absolute atomic E-state index is 11.6. The molecule has 0 saturated heterocycles. The molecule has 0 atom stereocenters. The van der Waals surface area contributed by atoms with Crippen molar-refractivity contribution in [2.75, 3.05) is 19.7 Å². The Morgan fingerprint density at radius 3 is 2.06 bits per heavy atom. The fourth-order valence-electron chi connectivity index (χ4n) is 1.36. The third kappa shape index (κ3) is 6.35. The molecule has 5 nitrogen and oxygen atoms in total. The van der Waals surface area contributed by atoms with E-state index in [1.165, 1.54) is 0 Å². The smallest absolute Gasteiger partial charge is 0.276 e. The predicted molar refractivity (Wildman–Crippen MR) is 69.9 cm³/mol. The van der Waals surface area contributed by atoms with E-state index >= 15 is 0 Å². The monoisotopic (exact) mass is 266 g/mol. The van der Waals surface area contributed by atoms with Crippen LogP contribution in [0.15, 0.2) is 0 Å². The normalized spacial score (nSPS) is 13.3. The molecule has 0 heterocycles. The molecule has 0 aromatic heterocycles. The number of rotatable bonds is 9. The van der Waals surface area contributed by atoms with Gasteiger partial charge in [-0.2, -0.15) is 8.42 Å². The van der Waals surface area contributed by atoms with Crippen LogP contribution in [0.25, 0.3) is 0 Å². The van der Waals surface area contributed by atoms with Gasteiger partial charge in [0.1, 0.15) is 0 Å². The van der Waals surface area contributed by atoms with Gasteiger partial charge in [-0.15, -0.1) is 0 Å². The van der Waals surface area contributed by atoms with Gasteiger partial charge < -0.3 is 5.11 Å². The van der Waals surface area contributed by atoms with Crippen LogP contribution in [0, 0.1) is 11.3 Å². The molecule has 0 aliphatic heterocycles. The first kappa shape index (κ1) is 16.8. The van der Waals surface area contributed by atoms with E-state index in [0.717, 1.165) is 12.8 Å². The zero-order valence-corrected chi connectivity index (χ0v) is 12.1. The number of aliphatic hydroxyl groups excluding tert-OH is 1. The third-order valence-corrected chi connectivity index (χ3v) is 4.23. The summed E-state index contributed by atoms with van der Waals surface area (Å²) in [6, 6.07) is 0. The maximum Gasteiger partial charge on any atom is 0.276 e. The summed E-state index contributed by atoms with van der Waals surface area (Å²) < 4.78 is 28.2. The second-order valence-corrected chi connectivity index (χ2v) is 6.52. The summed E-state index contributed by atoms with van der Waals surface area (Å²) in [5.74, 6) is 0.270. The highest BCUT2D eigenvalue weighted by Gasteiger charge is 2.27. The largest absolute Gasteiger partial charge is 0.396 e. The van der Waals surface area contributed by atoms with Gasteiger partial charge in [0.2, 0.25) is 0 Å². The zero-order valence-electron chi connectivity index (χ0n) is 11.3. The molecule has 104 valence electrons. The molecule has 0 radical (unpaired) electrons. The van der Waals surface area contributed by atoms with Crippen molar-refractivity contribution in [3.05, 3.63) is 0 Å². The second kappa shape index (κ2) is 7.31. The highest BCUT2D eigenvalue weighted by molar-refractivity contribution is 7.87. The van der Waals surface area contributed by atoms with E-state index in [9.17, 15) is 13.5 Å². The average Bonchev–Trinajstić information content (AvgIpc) is 2.29. The Kier molecular flexibility index (Phi) is 7.23. The molecule has 17 heavy (non-hydrogen) atoms. The molecule has 6 heteroatoms. The van der Waals surface area contributed by atoms with E-state index in [2.05, 4.69) is 9.44 Å². The quantitative estimate of drug-likeness (QED) is 0.579. The molecule has 0 spiro atoms. The highest BCUT2D eigenvalue weighted by Crippen LogP contribution is 2.24. The molecule has 3 N–H and O–H groups in total. The van der Waals surface area contributed by atoms with Crippen molar-refractivity contribution in [1.82, 2.24) is 9.44 Å². The molecule has 0 aromatic carbocycles. The van der Waals surface area contributed by atoms with Crippen LogP contribution in [0.5, 0.6) is 0 Å². The summed E-state index contributed by atoms with van der Waals surface area (Å²) in [7, 11) is -3.45. The fraction of sp³-hybridized carbons (Fsp3) is 1.00. The molecule has 0 unspecified atom stereocenters. The molecule has 0 amide bonds. The first-order chi connectivity index (χ1) is 7.81. The van der Waals surface area contributed by atoms with Gasteiger partial charge >= 0.3 is 0 Å². The Morgan fingerprint density at radius 1 is 1.18 bits per heavy atom. The summed E-state index contributed by atoms with van der Waals surface area (Å²) in [4.78, 5) is 0. The Bertz CT molecular complexity index is 290. The van der Waals surface area contributed by atoms with E-state index in [4.69, 9.17) is 0 Å². The zero-order chi connectivity index (χ0) is 13.5. The van der Waals surface area contributed by atoms with Crippen LogP contribution in [-0.2, 0) is 10.2 Å². The van der Waals surface area contributed by atoms with Crippen LogP contribution in [0.4, 0.5) is 0 Å². The molecule has 0 aliphatic rings. The Hall–Kier alpha value is -0.170. The summed E-state index contributed by atoms with van der Waals surface area (Å²) in [6.07, 6.45) is 1.49. The van der Waals surface area contributed by atoms with E-state index in [-0.39, 0.29) is 24.5 Å². The van der Waals surface area contributed by atoms with Gasteiger partial charge in [-0.05, 0) is 18.8 Å². The van der Waals surface area contributed by atoms with Crippen LogP contribution in [0.3, 0.4) is 0 Å². The fourth-order valence-corrected chi connectivity index (χ4v) is 2.51. The van der Waals surface area contributed by atoms with Gasteiger partial charge in [0.15, 0.2) is 0 Å². The van der Waals surface area contributed by atoms with Crippen LogP contribution in [-0.4, -0.2) is 33.2 Å². The van der Waals surface area contributed by atoms with Gasteiger partial charge in [-0.25, -0.2) is 9.44 Å². The molecule has 0 rings (SSSR count). The first-order valence-electron chi connectivity index (χ1n) is 6.16. The lowest BCUT2D eigenvalue weighted by atomic mass is 9.84. The minimum Gasteiger partial charge on any atom is -0.396 e. The predicted octanol–water partition coefficient (Wildman–Crippen LogP) is 0.865. The van der Waals surface area contributed by atoms with Gasteiger partial charge in [-0.1, -0.05) is 27.7 Å². The topological polar surface area (TPSA) is 78.4 Å². The average molecular weight is 266 g/mol. The number of hydrogen-bond donors (Lipinski definition) is 3. The molecule has 0 saturated carbocycles. The summed E-state index contributed by atoms with van der Waals surface area (Å²) in [5, 5.41) is 9.34. The van der Waals surface area contributed by atoms with Crippen molar-refractivity contribution in [2.45, 2.75) is 40.5 Å². The minimum atomic E-state index is -3.45. The van der Waals surface area contributed by atoms with Gasteiger partial charge in [0.25, 0.3) is 10.2 Å². The number of aliphatic hydroxyl groups is 1. The Labute approximate surface area is 105 Å². The van der Waals surface area contributed by atoms with E-state index < -0.39 is 10.2 Å². The lowest BCUT2D eigenvalue weighted by Crippen LogP contribution is -2.45. The summed E-state index contributed by atoms with van der Waals surface area (Å²) >= 11 is 0. The van der Waals surface area contributed by atoms with Crippen molar-refractivity contribution in [3.8, 4) is 0 Å². The SMILES string of the molecule is CCC(CC)(CO)CNS(=O)(=O)NCC(C)C. The van der Waals surface area contributed by atoms with Crippen molar-refractivity contribution >= 4 is 10.2 Å². The van der Waals surface area contributed by atoms with E-state index in [0.29, 0.717) is 6.54 Å². The highest BCUT2D eigenvalue weighted by atomic mass is 32.2. The van der Waals surface area contributed by atoms with Crippen molar-refractivity contribution in [3.63, 3.8) is 0 Å². The van der Waals surface area contributed by atoms with Crippen LogP contribution >= 0.6 is 0 Å². The molecular formula is C11H26N2O3S. The Balaban J connectivity index is 4.33. The molecular weight excluding hydrogens is 240 g/mol. The van der Waals surface area contributed by atoms with Gasteiger partial charge in [0, 0.05) is 25.1 Å². The van der Waals surface area contributed by atoms with Crippen LogP contribution in [0.1, 0.15) is 40.5 Å². The lowest BCUT2D eigenvalue weighted by Gasteiger charge is -2.29. The van der Waals surface area contributed by atoms with Gasteiger partial charge in [0.05, 0.1) is 0 Å². The van der Waals surface area contributed by atoms with Crippen LogP contribution in [0.2, 0.25) is 0 Å². The van der Waals surface area contributed by atoms with Crippen molar-refractivity contribution in [1.29, 1.82) is 0 Å². The summed E-state index contributed by atoms with van der Waals surface area (Å²) in [6.45, 7) is 8.47. The van der Waals surface area contributed by atoms with Gasteiger partial charge in [-0.3, -0.25) is 0 Å². The minimum absolute atomic E-state index is 0.00724. The van der Waals surface area contributed by atoms with E-state index in [1.54, 1.807) is 0 Å². The number of nitrogens with one attached hydrogen (secondary N) is 2. The van der Waals surface area contributed by atoms with E-state index in [1.807, 2.05) is 27.7 Å². The van der Waals surface area contributed by atoms with Crippen molar-refractivity contribution in [2.24, 2.45) is 11.3 Å². The molecule has 0 aliphatic carbocycles. The molecule has 0 aromatic rings. The van der Waals surface area contributed by atoms with Crippen LogP contribution < -0.4 is 9.44 Å². The lowest BCUT2D eigenvalue weighted by molar-refractivity contribution is 0.119. The first-order valence-corrected chi connectivity index (χ1v) is 7.64. The molecule has 0 fully saturated rings. The second-order valence-electron chi connectivity index (χ2n) is 4.93. The third-order valence-electron chi connectivity index (χ3n) is 3.15. The standard InChI is InChI=1S/C11H26N2O3S/c1-5-11(6-2,9-14)8-13-17(15,16)12-7-10(3)4/h10,12-14H,5-9H2,1-4H3.